The number of nitrogens with one attached hydrogen (secondary N) is 2. The molecule has 0 bridgehead atoms. The molecule has 0 aromatic heterocycles. The predicted molar refractivity (Wildman–Crippen MR) is 121 cm³/mol. The topological polar surface area (TPSA) is 116 Å². The van der Waals surface area contributed by atoms with Gasteiger partial charge in [-0.05, 0) is 48.8 Å². The molecular formula is C21H32N6OS. The summed E-state index contributed by atoms with van der Waals surface area (Å²) in [6.07, 6.45) is 8.84. The van der Waals surface area contributed by atoms with Gasteiger partial charge in [0, 0.05) is 22.2 Å². The first kappa shape index (κ1) is 23.3. The summed E-state index contributed by atoms with van der Waals surface area (Å²) in [4.78, 5) is 16.0. The van der Waals surface area contributed by atoms with E-state index in [9.17, 15) is 4.79 Å². The van der Waals surface area contributed by atoms with Crippen molar-refractivity contribution in [3.63, 3.8) is 0 Å². The largest absolute Gasteiger partial charge is 0.401 e. The average Bonchev–Trinajstić information content (AvgIpc) is 2.74. The molecule has 8 heteroatoms. The number of hydrazine groups is 1. The molecule has 1 aliphatic carbocycles. The molecule has 0 heterocycles. The van der Waals surface area contributed by atoms with Gasteiger partial charge in [-0.1, -0.05) is 55.2 Å². The molecule has 0 unspecified atom stereocenters. The molecule has 1 aromatic carbocycles. The Morgan fingerprint density at radius 3 is 2.52 bits per heavy atom. The van der Waals surface area contributed by atoms with E-state index in [-0.39, 0.29) is 23.8 Å². The van der Waals surface area contributed by atoms with Crippen LogP contribution in [0.2, 0.25) is 0 Å². The summed E-state index contributed by atoms with van der Waals surface area (Å²) in [6.45, 7) is 3.87. The van der Waals surface area contributed by atoms with E-state index in [0.717, 1.165) is 43.4 Å². The van der Waals surface area contributed by atoms with Gasteiger partial charge in [-0.25, -0.2) is 10.9 Å². The SMILES string of the molecule is C=C(N)[C@H](CCSC)NN[C@@H](Cc1ccc(N=[N+]=[N-])cc1)C(=O)C1CCCCC1. The summed E-state index contributed by atoms with van der Waals surface area (Å²) in [5.41, 5.74) is 23.2. The third kappa shape index (κ3) is 7.74. The third-order valence-electron chi connectivity index (χ3n) is 5.38. The smallest absolute Gasteiger partial charge is 0.154 e. The van der Waals surface area contributed by atoms with Crippen LogP contribution >= 0.6 is 11.8 Å². The minimum Gasteiger partial charge on any atom is -0.401 e. The highest BCUT2D eigenvalue weighted by Crippen LogP contribution is 2.26. The van der Waals surface area contributed by atoms with Gasteiger partial charge in [0.2, 0.25) is 0 Å². The minimum absolute atomic E-state index is 0.0866. The molecule has 29 heavy (non-hydrogen) atoms. The van der Waals surface area contributed by atoms with E-state index >= 15 is 0 Å². The minimum atomic E-state index is -0.348. The van der Waals surface area contributed by atoms with Crippen LogP contribution in [-0.4, -0.2) is 29.9 Å². The van der Waals surface area contributed by atoms with E-state index < -0.39 is 0 Å². The van der Waals surface area contributed by atoms with Gasteiger partial charge in [0.25, 0.3) is 0 Å². The van der Waals surface area contributed by atoms with E-state index in [2.05, 4.69) is 33.7 Å². The van der Waals surface area contributed by atoms with Gasteiger partial charge < -0.3 is 5.73 Å². The van der Waals surface area contributed by atoms with Crippen molar-refractivity contribution >= 4 is 23.2 Å². The maximum absolute atomic E-state index is 13.2. The number of nitrogens with zero attached hydrogens (tertiary/aromatic N) is 3. The van der Waals surface area contributed by atoms with Crippen molar-refractivity contribution in [3.05, 3.63) is 52.5 Å². The van der Waals surface area contributed by atoms with Gasteiger partial charge in [0.05, 0.1) is 12.1 Å². The van der Waals surface area contributed by atoms with Gasteiger partial charge in [-0.3, -0.25) is 4.79 Å². The van der Waals surface area contributed by atoms with Crippen LogP contribution < -0.4 is 16.6 Å². The number of Topliss-reactive ketones (excluding diaryl/α,β-unsaturated/α-hetero) is 1. The Labute approximate surface area is 177 Å². The number of hydrogen-bond acceptors (Lipinski definition) is 6. The summed E-state index contributed by atoms with van der Waals surface area (Å²) in [7, 11) is 0. The van der Waals surface area contributed by atoms with Gasteiger partial charge in [-0.15, -0.1) is 0 Å². The summed E-state index contributed by atoms with van der Waals surface area (Å²) in [5.74, 6) is 1.32. The normalized spacial score (nSPS) is 16.6. The number of ketones is 1. The molecule has 1 fully saturated rings. The number of nitrogens with two attached hydrogens (primary N) is 1. The first-order chi connectivity index (χ1) is 14.0. The Bertz CT molecular complexity index is 710. The fraction of sp³-hybridized carbons (Fsp3) is 0.571. The van der Waals surface area contributed by atoms with Crippen molar-refractivity contribution in [2.45, 2.75) is 57.0 Å². The first-order valence-corrected chi connectivity index (χ1v) is 11.6. The van der Waals surface area contributed by atoms with Crippen LogP contribution in [0.1, 0.15) is 44.1 Å². The number of hydrogen-bond donors (Lipinski definition) is 3. The summed E-state index contributed by atoms with van der Waals surface area (Å²) >= 11 is 1.75. The molecule has 0 radical (unpaired) electrons. The van der Waals surface area contributed by atoms with Crippen LogP contribution in [0.15, 0.2) is 41.7 Å². The lowest BCUT2D eigenvalue weighted by Gasteiger charge is -2.28. The van der Waals surface area contributed by atoms with Crippen LogP contribution in [0, 0.1) is 5.92 Å². The molecule has 1 aliphatic rings. The van der Waals surface area contributed by atoms with Crippen LogP contribution in [0.25, 0.3) is 10.4 Å². The van der Waals surface area contributed by atoms with Crippen LogP contribution in [0.5, 0.6) is 0 Å². The molecule has 4 N–H and O–H groups in total. The standard InChI is InChI=1S/C21H32N6OS/c1-15(22)19(12-13-29-2)25-26-20(21(28)17-6-4-3-5-7-17)14-16-8-10-18(11-9-16)24-27-23/h8-11,17,19-20,25-26H,1,3-7,12-14,22H2,2H3/t19-,20-/m0/s1. The fourth-order valence-corrected chi connectivity index (χ4v) is 4.14. The van der Waals surface area contributed by atoms with Gasteiger partial charge >= 0.3 is 0 Å². The monoisotopic (exact) mass is 416 g/mol. The second-order valence-electron chi connectivity index (χ2n) is 7.55. The molecule has 2 atom stereocenters. The zero-order valence-corrected chi connectivity index (χ0v) is 18.0. The summed E-state index contributed by atoms with van der Waals surface area (Å²) < 4.78 is 0. The van der Waals surface area contributed by atoms with E-state index in [1.54, 1.807) is 23.9 Å². The number of carbonyl (C=O) groups is 1. The van der Waals surface area contributed by atoms with Crippen molar-refractivity contribution < 1.29 is 4.79 Å². The highest BCUT2D eigenvalue weighted by atomic mass is 32.2. The van der Waals surface area contributed by atoms with Crippen molar-refractivity contribution in [2.24, 2.45) is 16.8 Å². The number of benzene rings is 1. The molecule has 0 amide bonds. The molecule has 0 saturated heterocycles. The Hall–Kier alpha value is -1.99. The van der Waals surface area contributed by atoms with Crippen LogP contribution in [0.4, 0.5) is 5.69 Å². The molecule has 1 saturated carbocycles. The summed E-state index contributed by atoms with van der Waals surface area (Å²) in [6, 6.07) is 6.91. The number of carbonyl (C=O) groups excluding carboxylic acids is 1. The van der Waals surface area contributed by atoms with Crippen molar-refractivity contribution in [2.75, 3.05) is 12.0 Å². The maximum atomic E-state index is 13.2. The van der Waals surface area contributed by atoms with E-state index in [1.807, 2.05) is 12.1 Å². The molecule has 7 nitrogen and oxygen atoms in total. The second-order valence-corrected chi connectivity index (χ2v) is 8.53. The Morgan fingerprint density at radius 2 is 1.93 bits per heavy atom. The lowest BCUT2D eigenvalue weighted by atomic mass is 9.82. The number of thioether (sulfide) groups is 1. The zero-order chi connectivity index (χ0) is 21.1. The van der Waals surface area contributed by atoms with Crippen molar-refractivity contribution in [3.8, 4) is 0 Å². The second kappa shape index (κ2) is 12.5. The van der Waals surface area contributed by atoms with E-state index in [0.29, 0.717) is 17.8 Å². The molecule has 2 rings (SSSR count). The number of rotatable bonds is 12. The van der Waals surface area contributed by atoms with Gasteiger partial charge in [0.1, 0.15) is 0 Å². The van der Waals surface area contributed by atoms with Crippen LogP contribution in [0.3, 0.4) is 0 Å². The lowest BCUT2D eigenvalue weighted by molar-refractivity contribution is -0.126. The Kier molecular flexibility index (Phi) is 10.1. The average molecular weight is 417 g/mol. The Morgan fingerprint density at radius 1 is 1.28 bits per heavy atom. The maximum Gasteiger partial charge on any atom is 0.154 e. The van der Waals surface area contributed by atoms with Gasteiger partial charge in [0.15, 0.2) is 5.78 Å². The van der Waals surface area contributed by atoms with Crippen molar-refractivity contribution in [1.82, 2.24) is 10.9 Å². The molecule has 1 aromatic rings. The highest BCUT2D eigenvalue weighted by Gasteiger charge is 2.28. The fourth-order valence-electron chi connectivity index (χ4n) is 3.67. The quantitative estimate of drug-likeness (QED) is 0.202. The summed E-state index contributed by atoms with van der Waals surface area (Å²) in [5, 5.41) is 3.60. The molecule has 158 valence electrons. The molecule has 0 spiro atoms. The zero-order valence-electron chi connectivity index (χ0n) is 17.1. The van der Waals surface area contributed by atoms with E-state index in [1.165, 1.54) is 6.42 Å². The predicted octanol–water partition coefficient (Wildman–Crippen LogP) is 4.38. The van der Waals surface area contributed by atoms with Crippen molar-refractivity contribution in [1.29, 1.82) is 0 Å². The first-order valence-electron chi connectivity index (χ1n) is 10.2. The molecule has 0 aliphatic heterocycles. The number of azide groups is 1. The molecular weight excluding hydrogens is 384 g/mol. The Balaban J connectivity index is 2.10. The van der Waals surface area contributed by atoms with Crippen LogP contribution in [-0.2, 0) is 11.2 Å². The lowest BCUT2D eigenvalue weighted by Crippen LogP contribution is -2.53. The van der Waals surface area contributed by atoms with E-state index in [4.69, 9.17) is 11.3 Å². The van der Waals surface area contributed by atoms with Gasteiger partial charge in [-0.2, -0.15) is 11.8 Å². The third-order valence-corrected chi connectivity index (χ3v) is 6.02. The highest BCUT2D eigenvalue weighted by molar-refractivity contribution is 7.98.